The Hall–Kier alpha value is -0.830. The van der Waals surface area contributed by atoms with Crippen LogP contribution >= 0.6 is 0 Å². The third-order valence-electron chi connectivity index (χ3n) is 1.67. The molecule has 1 amide bonds. The van der Waals surface area contributed by atoms with Crippen molar-refractivity contribution in [1.29, 1.82) is 0 Å². The van der Waals surface area contributed by atoms with Gasteiger partial charge in [-0.15, -0.1) is 6.58 Å². The molecule has 0 bridgehead atoms. The summed E-state index contributed by atoms with van der Waals surface area (Å²) in [4.78, 5) is 12.9. The number of nitrogens with zero attached hydrogens (tertiary/aromatic N) is 1. The highest BCUT2D eigenvalue weighted by molar-refractivity contribution is 5.80. The molecule has 0 saturated carbocycles. The van der Waals surface area contributed by atoms with Gasteiger partial charge in [-0.25, -0.2) is 0 Å². The Morgan fingerprint density at radius 3 is 2.75 bits per heavy atom. The maximum atomic E-state index is 11.2. The average molecular weight is 170 g/mol. The second-order valence-corrected chi connectivity index (χ2v) is 2.98. The van der Waals surface area contributed by atoms with Crippen LogP contribution in [0.4, 0.5) is 0 Å². The van der Waals surface area contributed by atoms with Crippen molar-refractivity contribution in [2.75, 3.05) is 13.6 Å². The highest BCUT2D eigenvalue weighted by atomic mass is 16.2. The van der Waals surface area contributed by atoms with Crippen molar-refractivity contribution >= 4 is 5.91 Å². The number of amides is 1. The summed E-state index contributed by atoms with van der Waals surface area (Å²) >= 11 is 0. The van der Waals surface area contributed by atoms with E-state index in [1.807, 2.05) is 6.08 Å². The fourth-order valence-electron chi connectivity index (χ4n) is 0.931. The zero-order valence-electron chi connectivity index (χ0n) is 7.92. The highest BCUT2D eigenvalue weighted by Crippen LogP contribution is 1.95. The summed E-state index contributed by atoms with van der Waals surface area (Å²) in [5.74, 6) is -0.000868. The quantitative estimate of drug-likeness (QED) is 0.489. The number of carbonyl (C=O) groups is 1. The van der Waals surface area contributed by atoms with Crippen molar-refractivity contribution in [2.24, 2.45) is 5.73 Å². The minimum Gasteiger partial charge on any atom is -0.344 e. The molecule has 0 aromatic carbocycles. The van der Waals surface area contributed by atoms with Crippen LogP contribution in [0, 0.1) is 0 Å². The van der Waals surface area contributed by atoms with Gasteiger partial charge >= 0.3 is 0 Å². The minimum atomic E-state index is -0.390. The van der Waals surface area contributed by atoms with Crippen molar-refractivity contribution in [3.05, 3.63) is 12.7 Å². The van der Waals surface area contributed by atoms with Crippen LogP contribution < -0.4 is 5.73 Å². The van der Waals surface area contributed by atoms with Crippen LogP contribution in [-0.4, -0.2) is 30.4 Å². The first-order valence-corrected chi connectivity index (χ1v) is 4.21. The zero-order valence-corrected chi connectivity index (χ0v) is 7.92. The van der Waals surface area contributed by atoms with E-state index in [1.165, 1.54) is 0 Å². The van der Waals surface area contributed by atoms with Crippen molar-refractivity contribution in [3.8, 4) is 0 Å². The molecule has 12 heavy (non-hydrogen) atoms. The molecular formula is C9H18N2O. The van der Waals surface area contributed by atoms with E-state index in [-0.39, 0.29) is 5.91 Å². The Morgan fingerprint density at radius 1 is 1.75 bits per heavy atom. The summed E-state index contributed by atoms with van der Waals surface area (Å²) < 4.78 is 0. The molecule has 0 radical (unpaired) electrons. The van der Waals surface area contributed by atoms with Gasteiger partial charge in [0.2, 0.25) is 5.91 Å². The first-order valence-electron chi connectivity index (χ1n) is 4.21. The molecule has 0 saturated heterocycles. The number of nitrogens with two attached hydrogens (primary N) is 1. The third kappa shape index (κ3) is 4.13. The first-order chi connectivity index (χ1) is 5.59. The smallest absolute Gasteiger partial charge is 0.238 e. The monoisotopic (exact) mass is 170 g/mol. The standard InChI is InChI=1S/C9H18N2O/c1-4-5-6-7-11(3)9(12)8(2)10/h4,8H,1,5-7,10H2,2-3H3. The lowest BCUT2D eigenvalue weighted by atomic mass is 10.2. The van der Waals surface area contributed by atoms with E-state index in [9.17, 15) is 4.79 Å². The van der Waals surface area contributed by atoms with E-state index >= 15 is 0 Å². The van der Waals surface area contributed by atoms with E-state index in [0.717, 1.165) is 19.4 Å². The van der Waals surface area contributed by atoms with Crippen LogP contribution in [0.5, 0.6) is 0 Å². The summed E-state index contributed by atoms with van der Waals surface area (Å²) in [7, 11) is 1.77. The molecule has 0 aliphatic heterocycles. The summed E-state index contributed by atoms with van der Waals surface area (Å²) in [5.41, 5.74) is 5.43. The molecule has 0 fully saturated rings. The normalized spacial score (nSPS) is 12.2. The largest absolute Gasteiger partial charge is 0.344 e. The van der Waals surface area contributed by atoms with Crippen LogP contribution in [-0.2, 0) is 4.79 Å². The van der Waals surface area contributed by atoms with Crippen molar-refractivity contribution in [2.45, 2.75) is 25.8 Å². The molecule has 2 N–H and O–H groups in total. The number of rotatable bonds is 5. The Bertz CT molecular complexity index is 155. The fraction of sp³-hybridized carbons (Fsp3) is 0.667. The molecule has 1 unspecified atom stereocenters. The predicted octanol–water partition coefficient (Wildman–Crippen LogP) is 0.758. The second kappa shape index (κ2) is 5.77. The van der Waals surface area contributed by atoms with Crippen LogP contribution in [0.3, 0.4) is 0 Å². The van der Waals surface area contributed by atoms with Gasteiger partial charge in [0.15, 0.2) is 0 Å². The SMILES string of the molecule is C=CCCCN(C)C(=O)C(C)N. The average Bonchev–Trinajstić information content (AvgIpc) is 2.03. The number of hydrogen-bond acceptors (Lipinski definition) is 2. The molecular weight excluding hydrogens is 152 g/mol. The topological polar surface area (TPSA) is 46.3 Å². The van der Waals surface area contributed by atoms with Gasteiger partial charge in [0, 0.05) is 13.6 Å². The van der Waals surface area contributed by atoms with Crippen molar-refractivity contribution in [1.82, 2.24) is 4.90 Å². The van der Waals surface area contributed by atoms with Crippen LogP contribution in [0.25, 0.3) is 0 Å². The molecule has 3 heteroatoms. The maximum Gasteiger partial charge on any atom is 0.238 e. The molecule has 0 aliphatic rings. The van der Waals surface area contributed by atoms with E-state index in [4.69, 9.17) is 5.73 Å². The Labute approximate surface area is 74.2 Å². The molecule has 0 aliphatic carbocycles. The highest BCUT2D eigenvalue weighted by Gasteiger charge is 2.11. The number of unbranched alkanes of at least 4 members (excludes halogenated alkanes) is 1. The molecule has 0 rings (SSSR count). The lowest BCUT2D eigenvalue weighted by molar-refractivity contribution is -0.130. The summed E-state index contributed by atoms with van der Waals surface area (Å²) in [6, 6.07) is -0.390. The summed E-state index contributed by atoms with van der Waals surface area (Å²) in [5, 5.41) is 0. The molecule has 70 valence electrons. The van der Waals surface area contributed by atoms with Gasteiger partial charge in [-0.3, -0.25) is 4.79 Å². The van der Waals surface area contributed by atoms with E-state index in [0.29, 0.717) is 0 Å². The van der Waals surface area contributed by atoms with E-state index < -0.39 is 6.04 Å². The third-order valence-corrected chi connectivity index (χ3v) is 1.67. The van der Waals surface area contributed by atoms with Gasteiger partial charge in [-0.2, -0.15) is 0 Å². The first kappa shape index (κ1) is 11.2. The van der Waals surface area contributed by atoms with E-state index in [1.54, 1.807) is 18.9 Å². The number of likely N-dealkylation sites (N-methyl/N-ethyl adjacent to an activating group) is 1. The number of allylic oxidation sites excluding steroid dienone is 1. The summed E-state index contributed by atoms with van der Waals surface area (Å²) in [6.07, 6.45) is 3.75. The van der Waals surface area contributed by atoms with Gasteiger partial charge in [0.05, 0.1) is 6.04 Å². The second-order valence-electron chi connectivity index (χ2n) is 2.98. The van der Waals surface area contributed by atoms with Crippen molar-refractivity contribution in [3.63, 3.8) is 0 Å². The number of hydrogen-bond donors (Lipinski definition) is 1. The maximum absolute atomic E-state index is 11.2. The van der Waals surface area contributed by atoms with Crippen LogP contribution in [0.2, 0.25) is 0 Å². The number of carbonyl (C=O) groups excluding carboxylic acids is 1. The fourth-order valence-corrected chi connectivity index (χ4v) is 0.931. The van der Waals surface area contributed by atoms with Crippen LogP contribution in [0.1, 0.15) is 19.8 Å². The minimum absolute atomic E-state index is 0.000868. The van der Waals surface area contributed by atoms with Crippen LogP contribution in [0.15, 0.2) is 12.7 Å². The van der Waals surface area contributed by atoms with Gasteiger partial charge < -0.3 is 10.6 Å². The van der Waals surface area contributed by atoms with Gasteiger partial charge in [-0.05, 0) is 19.8 Å². The van der Waals surface area contributed by atoms with Gasteiger partial charge in [-0.1, -0.05) is 6.08 Å². The van der Waals surface area contributed by atoms with E-state index in [2.05, 4.69) is 6.58 Å². The Morgan fingerprint density at radius 2 is 2.33 bits per heavy atom. The van der Waals surface area contributed by atoms with Gasteiger partial charge in [0.25, 0.3) is 0 Å². The molecule has 3 nitrogen and oxygen atoms in total. The zero-order chi connectivity index (χ0) is 9.56. The summed E-state index contributed by atoms with van der Waals surface area (Å²) in [6.45, 7) is 6.07. The van der Waals surface area contributed by atoms with Gasteiger partial charge in [0.1, 0.15) is 0 Å². The molecule has 0 spiro atoms. The Kier molecular flexibility index (Phi) is 5.37. The van der Waals surface area contributed by atoms with Crippen molar-refractivity contribution < 1.29 is 4.79 Å². The molecule has 0 heterocycles. The lowest BCUT2D eigenvalue weighted by Crippen LogP contribution is -2.40. The predicted molar refractivity (Wildman–Crippen MR) is 50.7 cm³/mol. The molecule has 1 atom stereocenters. The molecule has 0 aromatic rings. The Balaban J connectivity index is 3.64. The lowest BCUT2D eigenvalue weighted by Gasteiger charge is -2.18. The molecule has 0 aromatic heterocycles.